The summed E-state index contributed by atoms with van der Waals surface area (Å²) in [4.78, 5) is 25.6. The van der Waals surface area contributed by atoms with Gasteiger partial charge in [-0.05, 0) is 44.0 Å². The van der Waals surface area contributed by atoms with E-state index in [1.54, 1.807) is 36.1 Å². The molecule has 0 bridgehead atoms. The van der Waals surface area contributed by atoms with Crippen molar-refractivity contribution in [3.63, 3.8) is 0 Å². The minimum Gasteiger partial charge on any atom is -0.484 e. The van der Waals surface area contributed by atoms with E-state index in [2.05, 4.69) is 5.32 Å². The van der Waals surface area contributed by atoms with Gasteiger partial charge in [-0.2, -0.15) is 0 Å². The van der Waals surface area contributed by atoms with E-state index in [0.717, 1.165) is 25.9 Å². The van der Waals surface area contributed by atoms with Gasteiger partial charge in [0.15, 0.2) is 6.61 Å². The SMILES string of the molecule is C[C@H](NC(=O)COc1ccc(Cl)cc1)C(=O)N1CCCC1. The van der Waals surface area contributed by atoms with Crippen molar-refractivity contribution in [3.05, 3.63) is 29.3 Å². The van der Waals surface area contributed by atoms with E-state index in [-0.39, 0.29) is 18.4 Å². The van der Waals surface area contributed by atoms with Gasteiger partial charge in [0.05, 0.1) is 0 Å². The Balaban J connectivity index is 1.75. The number of hydrogen-bond donors (Lipinski definition) is 1. The molecule has 0 aliphatic carbocycles. The Labute approximate surface area is 129 Å². The topological polar surface area (TPSA) is 58.6 Å². The van der Waals surface area contributed by atoms with Crippen LogP contribution in [0, 0.1) is 0 Å². The molecule has 0 spiro atoms. The molecule has 0 unspecified atom stereocenters. The predicted molar refractivity (Wildman–Crippen MR) is 80.4 cm³/mol. The number of benzene rings is 1. The highest BCUT2D eigenvalue weighted by molar-refractivity contribution is 6.30. The number of nitrogens with one attached hydrogen (secondary N) is 1. The third kappa shape index (κ3) is 4.63. The molecule has 1 aromatic rings. The first-order valence-corrected chi connectivity index (χ1v) is 7.40. The van der Waals surface area contributed by atoms with Gasteiger partial charge in [0, 0.05) is 18.1 Å². The van der Waals surface area contributed by atoms with Crippen molar-refractivity contribution < 1.29 is 14.3 Å². The molecule has 1 aromatic carbocycles. The quantitative estimate of drug-likeness (QED) is 0.903. The molecule has 1 atom stereocenters. The van der Waals surface area contributed by atoms with Gasteiger partial charge in [-0.15, -0.1) is 0 Å². The summed E-state index contributed by atoms with van der Waals surface area (Å²) in [7, 11) is 0. The molecule has 2 amide bonds. The lowest BCUT2D eigenvalue weighted by molar-refractivity contribution is -0.135. The normalized spacial score (nSPS) is 15.6. The third-order valence-electron chi connectivity index (χ3n) is 3.35. The van der Waals surface area contributed by atoms with E-state index in [0.29, 0.717) is 10.8 Å². The Morgan fingerprint density at radius 1 is 1.29 bits per heavy atom. The number of ether oxygens (including phenoxy) is 1. The first kappa shape index (κ1) is 15.6. The molecule has 114 valence electrons. The lowest BCUT2D eigenvalue weighted by Gasteiger charge is -2.21. The maximum absolute atomic E-state index is 12.0. The summed E-state index contributed by atoms with van der Waals surface area (Å²) in [5.74, 6) is 0.213. The molecule has 1 saturated heterocycles. The Hall–Kier alpha value is -1.75. The van der Waals surface area contributed by atoms with Crippen molar-refractivity contribution in [2.24, 2.45) is 0 Å². The molecule has 1 aliphatic heterocycles. The summed E-state index contributed by atoms with van der Waals surface area (Å²) in [6, 6.07) is 6.23. The van der Waals surface area contributed by atoms with Gasteiger partial charge >= 0.3 is 0 Å². The predicted octanol–water partition coefficient (Wildman–Crippen LogP) is 1.85. The van der Waals surface area contributed by atoms with Crippen molar-refractivity contribution >= 4 is 23.4 Å². The van der Waals surface area contributed by atoms with Crippen LogP contribution >= 0.6 is 11.6 Å². The maximum Gasteiger partial charge on any atom is 0.258 e. The highest BCUT2D eigenvalue weighted by Gasteiger charge is 2.24. The van der Waals surface area contributed by atoms with Crippen LogP contribution in [0.15, 0.2) is 24.3 Å². The van der Waals surface area contributed by atoms with Crippen molar-refractivity contribution in [3.8, 4) is 5.75 Å². The number of carbonyl (C=O) groups is 2. The Morgan fingerprint density at radius 3 is 2.52 bits per heavy atom. The third-order valence-corrected chi connectivity index (χ3v) is 3.60. The van der Waals surface area contributed by atoms with Crippen LogP contribution < -0.4 is 10.1 Å². The second kappa shape index (κ2) is 7.31. The van der Waals surface area contributed by atoms with Crippen LogP contribution in [0.1, 0.15) is 19.8 Å². The average Bonchev–Trinajstić information content (AvgIpc) is 3.00. The lowest BCUT2D eigenvalue weighted by atomic mass is 10.3. The maximum atomic E-state index is 12.0. The molecular weight excluding hydrogens is 292 g/mol. The van der Waals surface area contributed by atoms with Crippen molar-refractivity contribution in [2.75, 3.05) is 19.7 Å². The van der Waals surface area contributed by atoms with Gasteiger partial charge in [-0.3, -0.25) is 9.59 Å². The monoisotopic (exact) mass is 310 g/mol. The second-order valence-corrected chi connectivity index (χ2v) is 5.50. The first-order valence-electron chi connectivity index (χ1n) is 7.03. The summed E-state index contributed by atoms with van der Waals surface area (Å²) in [5, 5.41) is 3.26. The van der Waals surface area contributed by atoms with Gasteiger partial charge in [0.1, 0.15) is 11.8 Å². The zero-order valence-corrected chi connectivity index (χ0v) is 12.7. The van der Waals surface area contributed by atoms with Gasteiger partial charge in [0.2, 0.25) is 5.91 Å². The molecular formula is C15H19ClN2O3. The molecule has 0 saturated carbocycles. The second-order valence-electron chi connectivity index (χ2n) is 5.06. The minimum absolute atomic E-state index is 0.0349. The average molecular weight is 311 g/mol. The standard InChI is InChI=1S/C15H19ClN2O3/c1-11(15(20)18-8-2-3-9-18)17-14(19)10-21-13-6-4-12(16)5-7-13/h4-7,11H,2-3,8-10H2,1H3,(H,17,19)/t11-/m0/s1. The molecule has 0 radical (unpaired) electrons. The summed E-state index contributed by atoms with van der Waals surface area (Å²) in [6.45, 7) is 3.13. The molecule has 0 aromatic heterocycles. The molecule has 1 fully saturated rings. The highest BCUT2D eigenvalue weighted by Crippen LogP contribution is 2.15. The Kier molecular flexibility index (Phi) is 5.44. The highest BCUT2D eigenvalue weighted by atomic mass is 35.5. The summed E-state index contributed by atoms with van der Waals surface area (Å²) < 4.78 is 5.33. The summed E-state index contributed by atoms with van der Waals surface area (Å²) >= 11 is 5.76. The van der Waals surface area contributed by atoms with Crippen LogP contribution in [0.3, 0.4) is 0 Å². The fourth-order valence-corrected chi connectivity index (χ4v) is 2.36. The number of nitrogens with zero attached hydrogens (tertiary/aromatic N) is 1. The van der Waals surface area contributed by atoms with E-state index in [9.17, 15) is 9.59 Å². The van der Waals surface area contributed by atoms with E-state index >= 15 is 0 Å². The van der Waals surface area contributed by atoms with Crippen LogP contribution in [0.4, 0.5) is 0 Å². The Bertz CT molecular complexity index is 498. The number of amides is 2. The van der Waals surface area contributed by atoms with Crippen LogP contribution in [-0.2, 0) is 9.59 Å². The number of likely N-dealkylation sites (tertiary alicyclic amines) is 1. The van der Waals surface area contributed by atoms with Crippen molar-refractivity contribution in [1.82, 2.24) is 10.2 Å². The summed E-state index contributed by atoms with van der Waals surface area (Å²) in [6.07, 6.45) is 2.07. The minimum atomic E-state index is -0.524. The van der Waals surface area contributed by atoms with Crippen LogP contribution in [0.25, 0.3) is 0 Å². The fourth-order valence-electron chi connectivity index (χ4n) is 2.24. The van der Waals surface area contributed by atoms with E-state index in [1.165, 1.54) is 0 Å². The molecule has 21 heavy (non-hydrogen) atoms. The largest absolute Gasteiger partial charge is 0.484 e. The van der Waals surface area contributed by atoms with Gasteiger partial charge in [0.25, 0.3) is 5.91 Å². The number of hydrogen-bond acceptors (Lipinski definition) is 3. The molecule has 2 rings (SSSR count). The number of rotatable bonds is 5. The first-order chi connectivity index (χ1) is 10.1. The number of halogens is 1. The van der Waals surface area contributed by atoms with E-state index < -0.39 is 6.04 Å². The Morgan fingerprint density at radius 2 is 1.90 bits per heavy atom. The van der Waals surface area contributed by atoms with Gasteiger partial charge < -0.3 is 15.0 Å². The number of carbonyl (C=O) groups excluding carboxylic acids is 2. The van der Waals surface area contributed by atoms with Crippen molar-refractivity contribution in [2.45, 2.75) is 25.8 Å². The van der Waals surface area contributed by atoms with Crippen LogP contribution in [0.5, 0.6) is 5.75 Å². The lowest BCUT2D eigenvalue weighted by Crippen LogP contribution is -2.47. The summed E-state index contributed by atoms with van der Waals surface area (Å²) in [5.41, 5.74) is 0. The van der Waals surface area contributed by atoms with Crippen LogP contribution in [0.2, 0.25) is 5.02 Å². The molecule has 1 heterocycles. The molecule has 6 heteroatoms. The fraction of sp³-hybridized carbons (Fsp3) is 0.467. The zero-order chi connectivity index (χ0) is 15.2. The molecule has 1 N–H and O–H groups in total. The molecule has 5 nitrogen and oxygen atoms in total. The van der Waals surface area contributed by atoms with E-state index in [1.807, 2.05) is 0 Å². The van der Waals surface area contributed by atoms with Crippen LogP contribution in [-0.4, -0.2) is 42.5 Å². The van der Waals surface area contributed by atoms with Gasteiger partial charge in [-0.1, -0.05) is 11.6 Å². The van der Waals surface area contributed by atoms with Crippen molar-refractivity contribution in [1.29, 1.82) is 0 Å². The zero-order valence-electron chi connectivity index (χ0n) is 12.0. The van der Waals surface area contributed by atoms with E-state index in [4.69, 9.17) is 16.3 Å². The smallest absolute Gasteiger partial charge is 0.258 e. The van der Waals surface area contributed by atoms with Gasteiger partial charge in [-0.25, -0.2) is 0 Å². The molecule has 1 aliphatic rings.